The van der Waals surface area contributed by atoms with Crippen LogP contribution in [0.3, 0.4) is 0 Å². The van der Waals surface area contributed by atoms with Gasteiger partial charge >= 0.3 is 0 Å². The third-order valence-electron chi connectivity index (χ3n) is 3.34. The Labute approximate surface area is 113 Å². The predicted molar refractivity (Wildman–Crippen MR) is 76.7 cm³/mol. The highest BCUT2D eigenvalue weighted by Crippen LogP contribution is 2.21. The fourth-order valence-electron chi connectivity index (χ4n) is 2.23. The van der Waals surface area contributed by atoms with E-state index in [0.29, 0.717) is 16.9 Å². The molecule has 1 N–H and O–H groups in total. The maximum Gasteiger partial charge on any atom is 0.189 e. The van der Waals surface area contributed by atoms with Crippen molar-refractivity contribution in [3.63, 3.8) is 0 Å². The zero-order chi connectivity index (χ0) is 12.8. The molecule has 4 nitrogen and oxygen atoms in total. The number of hydrogen-bond acceptors (Lipinski definition) is 3. The lowest BCUT2D eigenvalue weighted by molar-refractivity contribution is 0.276. The molecule has 98 valence electrons. The number of hydrogen-bond donors (Lipinski definition) is 1. The molecule has 0 atom stereocenters. The average molecular weight is 265 g/mol. The highest BCUT2D eigenvalue weighted by atomic mass is 32.1. The predicted octanol–water partition coefficient (Wildman–Crippen LogP) is 2.75. The first kappa shape index (κ1) is 13.1. The lowest BCUT2D eigenvalue weighted by Crippen LogP contribution is -2.42. The van der Waals surface area contributed by atoms with E-state index in [1.54, 1.807) is 12.5 Å². The molecule has 1 aliphatic rings. The minimum Gasteiger partial charge on any atom is -0.463 e. The second-order valence-electron chi connectivity index (χ2n) is 4.59. The van der Waals surface area contributed by atoms with Crippen molar-refractivity contribution in [2.24, 2.45) is 5.10 Å². The summed E-state index contributed by atoms with van der Waals surface area (Å²) in [5.74, 6) is 0.714. The maximum absolute atomic E-state index is 5.32. The van der Waals surface area contributed by atoms with Gasteiger partial charge in [-0.1, -0.05) is 19.3 Å². The van der Waals surface area contributed by atoms with Crippen molar-refractivity contribution in [1.29, 1.82) is 0 Å². The topological polar surface area (TPSA) is 40.8 Å². The molecule has 1 aromatic rings. The minimum absolute atomic E-state index is 0.553. The SMILES string of the molecule is CN(C(=S)N/N=C/c1ccco1)C1CCCCC1. The van der Waals surface area contributed by atoms with E-state index in [0.717, 1.165) is 0 Å². The van der Waals surface area contributed by atoms with E-state index < -0.39 is 0 Å². The molecule has 0 aliphatic heterocycles. The van der Waals surface area contributed by atoms with Crippen LogP contribution < -0.4 is 5.43 Å². The van der Waals surface area contributed by atoms with E-state index in [-0.39, 0.29) is 0 Å². The van der Waals surface area contributed by atoms with Gasteiger partial charge in [-0.2, -0.15) is 5.10 Å². The number of hydrazone groups is 1. The molecule has 1 aliphatic carbocycles. The van der Waals surface area contributed by atoms with Crippen molar-refractivity contribution in [3.05, 3.63) is 24.2 Å². The summed E-state index contributed by atoms with van der Waals surface area (Å²) >= 11 is 5.32. The summed E-state index contributed by atoms with van der Waals surface area (Å²) in [7, 11) is 2.04. The molecule has 0 amide bonds. The van der Waals surface area contributed by atoms with Gasteiger partial charge in [-0.25, -0.2) is 0 Å². The highest BCUT2D eigenvalue weighted by Gasteiger charge is 2.19. The van der Waals surface area contributed by atoms with Gasteiger partial charge in [-0.3, -0.25) is 5.43 Å². The van der Waals surface area contributed by atoms with Crippen LogP contribution in [0.25, 0.3) is 0 Å². The third-order valence-corrected chi connectivity index (χ3v) is 3.72. The molecule has 0 bridgehead atoms. The van der Waals surface area contributed by atoms with Gasteiger partial charge in [0.1, 0.15) is 5.76 Å². The summed E-state index contributed by atoms with van der Waals surface area (Å²) in [5, 5.41) is 4.75. The molecule has 1 heterocycles. The van der Waals surface area contributed by atoms with Gasteiger partial charge in [0.2, 0.25) is 0 Å². The number of furan rings is 1. The van der Waals surface area contributed by atoms with Crippen molar-refractivity contribution in [2.75, 3.05) is 7.05 Å². The normalized spacial score (nSPS) is 16.9. The molecule has 1 saturated carbocycles. The van der Waals surface area contributed by atoms with Gasteiger partial charge in [0, 0.05) is 13.1 Å². The Bertz CT molecular complexity index is 396. The minimum atomic E-state index is 0.553. The highest BCUT2D eigenvalue weighted by molar-refractivity contribution is 7.80. The van der Waals surface area contributed by atoms with Crippen LogP contribution in [0.2, 0.25) is 0 Å². The molecular weight excluding hydrogens is 246 g/mol. The van der Waals surface area contributed by atoms with Crippen LogP contribution in [-0.4, -0.2) is 29.3 Å². The summed E-state index contributed by atoms with van der Waals surface area (Å²) in [4.78, 5) is 2.12. The summed E-state index contributed by atoms with van der Waals surface area (Å²) in [6, 6.07) is 4.23. The molecule has 5 heteroatoms. The number of rotatable bonds is 3. The van der Waals surface area contributed by atoms with Gasteiger partial charge in [0.05, 0.1) is 12.5 Å². The van der Waals surface area contributed by atoms with Crippen molar-refractivity contribution >= 4 is 23.5 Å². The first-order valence-electron chi connectivity index (χ1n) is 6.37. The standard InChI is InChI=1S/C13H19N3OS/c1-16(11-6-3-2-4-7-11)13(18)15-14-10-12-8-5-9-17-12/h5,8-11H,2-4,6-7H2,1H3,(H,15,18)/b14-10+. The first-order chi connectivity index (χ1) is 8.77. The van der Waals surface area contributed by atoms with E-state index in [2.05, 4.69) is 15.4 Å². The molecule has 0 unspecified atom stereocenters. The van der Waals surface area contributed by atoms with Gasteiger partial charge in [-0.05, 0) is 37.2 Å². The second kappa shape index (κ2) is 6.54. The van der Waals surface area contributed by atoms with Crippen LogP contribution in [0, 0.1) is 0 Å². The Hall–Kier alpha value is -1.36. The van der Waals surface area contributed by atoms with E-state index in [4.69, 9.17) is 16.6 Å². The lowest BCUT2D eigenvalue weighted by Gasteiger charge is -2.32. The molecule has 0 radical (unpaired) electrons. The smallest absolute Gasteiger partial charge is 0.189 e. The number of nitrogens with one attached hydrogen (secondary N) is 1. The molecule has 1 fully saturated rings. The fourth-order valence-corrected chi connectivity index (χ4v) is 2.43. The van der Waals surface area contributed by atoms with Crippen LogP contribution in [0.4, 0.5) is 0 Å². The van der Waals surface area contributed by atoms with Crippen molar-refractivity contribution in [1.82, 2.24) is 10.3 Å². The average Bonchev–Trinajstić information content (AvgIpc) is 2.92. The molecular formula is C13H19N3OS. The molecule has 0 aromatic carbocycles. The Morgan fingerprint density at radius 3 is 2.94 bits per heavy atom. The van der Waals surface area contributed by atoms with Gasteiger partial charge < -0.3 is 9.32 Å². The Morgan fingerprint density at radius 2 is 2.28 bits per heavy atom. The monoisotopic (exact) mass is 265 g/mol. The number of thiocarbonyl (C=S) groups is 1. The van der Waals surface area contributed by atoms with Crippen molar-refractivity contribution in [2.45, 2.75) is 38.1 Å². The first-order valence-corrected chi connectivity index (χ1v) is 6.77. The molecule has 0 spiro atoms. The van der Waals surface area contributed by atoms with E-state index >= 15 is 0 Å². The number of nitrogens with zero attached hydrogens (tertiary/aromatic N) is 2. The second-order valence-corrected chi connectivity index (χ2v) is 4.98. The lowest BCUT2D eigenvalue weighted by atomic mass is 9.95. The van der Waals surface area contributed by atoms with Gasteiger partial charge in [0.25, 0.3) is 0 Å². The Morgan fingerprint density at radius 1 is 1.50 bits per heavy atom. The zero-order valence-electron chi connectivity index (χ0n) is 10.6. The molecule has 2 rings (SSSR count). The van der Waals surface area contributed by atoms with Crippen LogP contribution in [-0.2, 0) is 0 Å². The van der Waals surface area contributed by atoms with Crippen LogP contribution in [0.5, 0.6) is 0 Å². The van der Waals surface area contributed by atoms with Crippen LogP contribution in [0.1, 0.15) is 37.9 Å². The molecule has 0 saturated heterocycles. The summed E-state index contributed by atoms with van der Waals surface area (Å²) in [6.07, 6.45) is 9.64. The summed E-state index contributed by atoms with van der Waals surface area (Å²) in [5.41, 5.74) is 2.88. The van der Waals surface area contributed by atoms with E-state index in [1.165, 1.54) is 32.1 Å². The zero-order valence-corrected chi connectivity index (χ0v) is 11.4. The Balaban J connectivity index is 1.80. The summed E-state index contributed by atoms with van der Waals surface area (Å²) < 4.78 is 5.15. The Kier molecular flexibility index (Phi) is 4.75. The van der Waals surface area contributed by atoms with E-state index in [9.17, 15) is 0 Å². The van der Waals surface area contributed by atoms with Gasteiger partial charge in [0.15, 0.2) is 5.11 Å². The van der Waals surface area contributed by atoms with Crippen LogP contribution in [0.15, 0.2) is 27.9 Å². The third kappa shape index (κ3) is 3.57. The quantitative estimate of drug-likeness (QED) is 0.518. The maximum atomic E-state index is 5.32. The van der Waals surface area contributed by atoms with Gasteiger partial charge in [-0.15, -0.1) is 0 Å². The molecule has 18 heavy (non-hydrogen) atoms. The van der Waals surface area contributed by atoms with Crippen molar-refractivity contribution in [3.8, 4) is 0 Å². The largest absolute Gasteiger partial charge is 0.463 e. The van der Waals surface area contributed by atoms with Crippen LogP contribution >= 0.6 is 12.2 Å². The van der Waals surface area contributed by atoms with Crippen molar-refractivity contribution < 1.29 is 4.42 Å². The molecule has 1 aromatic heterocycles. The van der Waals surface area contributed by atoms with E-state index in [1.807, 2.05) is 19.2 Å². The summed E-state index contributed by atoms with van der Waals surface area (Å²) in [6.45, 7) is 0. The fraction of sp³-hybridized carbons (Fsp3) is 0.538.